The Hall–Kier alpha value is -5.05. The van der Waals surface area contributed by atoms with E-state index in [1.807, 2.05) is 56.3 Å². The quantitative estimate of drug-likeness (QED) is 0.118. The second kappa shape index (κ2) is 14.9. The van der Waals surface area contributed by atoms with E-state index in [1.165, 1.54) is 33.2 Å². The van der Waals surface area contributed by atoms with E-state index in [-0.39, 0.29) is 30.3 Å². The van der Waals surface area contributed by atoms with E-state index in [9.17, 15) is 24.3 Å². The van der Waals surface area contributed by atoms with Gasteiger partial charge in [-0.05, 0) is 74.5 Å². The molecule has 1 aliphatic carbocycles. The Labute approximate surface area is 343 Å². The Morgan fingerprint density at radius 2 is 1.78 bits per heavy atom. The summed E-state index contributed by atoms with van der Waals surface area (Å²) < 4.78 is 23.5. The number of aromatic amines is 1. The van der Waals surface area contributed by atoms with Crippen molar-refractivity contribution in [2.24, 2.45) is 11.3 Å². The molecule has 314 valence electrons. The average molecular weight is 811 g/mol. The van der Waals surface area contributed by atoms with Crippen LogP contribution in [0.2, 0.25) is 0 Å². The van der Waals surface area contributed by atoms with Gasteiger partial charge in [0.25, 0.3) is 0 Å². The van der Waals surface area contributed by atoms with Crippen LogP contribution in [0.25, 0.3) is 10.9 Å². The molecule has 0 unspecified atom stereocenters. The van der Waals surface area contributed by atoms with Gasteiger partial charge in [0.1, 0.15) is 16.9 Å². The van der Waals surface area contributed by atoms with Gasteiger partial charge in [0.15, 0.2) is 6.10 Å². The molecular formula is C45H54N4O10. The molecule has 1 amide bonds. The number of ether oxygens (including phenoxy) is 4. The number of ketones is 1. The lowest BCUT2D eigenvalue weighted by atomic mass is 9.47. The third-order valence-corrected chi connectivity index (χ3v) is 14.4. The Kier molecular flexibility index (Phi) is 10.3. The Morgan fingerprint density at radius 3 is 2.46 bits per heavy atom. The number of hydrogen-bond acceptors (Lipinski definition) is 12. The van der Waals surface area contributed by atoms with Crippen LogP contribution in [0, 0.1) is 11.3 Å². The number of esters is 3. The van der Waals surface area contributed by atoms with Gasteiger partial charge in [-0.1, -0.05) is 44.2 Å². The van der Waals surface area contributed by atoms with Gasteiger partial charge in [0, 0.05) is 71.4 Å². The minimum Gasteiger partial charge on any atom is -0.496 e. The fraction of sp³-hybridized carbons (Fsp3) is 0.533. The van der Waals surface area contributed by atoms with Gasteiger partial charge in [-0.25, -0.2) is 4.79 Å². The zero-order valence-corrected chi connectivity index (χ0v) is 34.6. The minimum absolute atomic E-state index is 0.0647. The fourth-order valence-corrected chi connectivity index (χ4v) is 12.2. The van der Waals surface area contributed by atoms with Crippen LogP contribution in [0.3, 0.4) is 0 Å². The van der Waals surface area contributed by atoms with E-state index >= 15 is 4.79 Å². The zero-order valence-electron chi connectivity index (χ0n) is 34.6. The molecule has 8 rings (SSSR count). The summed E-state index contributed by atoms with van der Waals surface area (Å²) in [5.74, 6) is -2.26. The van der Waals surface area contributed by atoms with Crippen molar-refractivity contribution in [3.05, 3.63) is 70.9 Å². The van der Waals surface area contributed by atoms with Gasteiger partial charge >= 0.3 is 17.9 Å². The molecule has 14 heteroatoms. The van der Waals surface area contributed by atoms with E-state index in [0.29, 0.717) is 80.8 Å². The number of para-hydroxylation sites is 1. The van der Waals surface area contributed by atoms with Gasteiger partial charge in [-0.3, -0.25) is 24.1 Å². The number of fused-ring (bicyclic) bond motifs is 4. The summed E-state index contributed by atoms with van der Waals surface area (Å²) in [6, 6.07) is 9.75. The van der Waals surface area contributed by atoms with Crippen LogP contribution in [0.5, 0.6) is 5.75 Å². The summed E-state index contributed by atoms with van der Waals surface area (Å²) >= 11 is 0. The number of methoxy groups -OCH3 is 3. The molecule has 1 saturated carbocycles. The lowest BCUT2D eigenvalue weighted by molar-refractivity contribution is -0.228. The number of rotatable bonds is 10. The number of benzene rings is 2. The fourth-order valence-electron chi connectivity index (χ4n) is 12.2. The van der Waals surface area contributed by atoms with Crippen LogP contribution < -0.4 is 15.0 Å². The highest BCUT2D eigenvalue weighted by Crippen LogP contribution is 2.68. The van der Waals surface area contributed by atoms with Crippen LogP contribution in [0.15, 0.2) is 48.6 Å². The molecule has 8 atom stereocenters. The van der Waals surface area contributed by atoms with Crippen molar-refractivity contribution in [2.45, 2.75) is 93.9 Å². The van der Waals surface area contributed by atoms with Crippen molar-refractivity contribution in [1.82, 2.24) is 15.2 Å². The van der Waals surface area contributed by atoms with Crippen molar-refractivity contribution in [3.8, 4) is 5.75 Å². The third-order valence-electron chi connectivity index (χ3n) is 14.4. The van der Waals surface area contributed by atoms with Crippen LogP contribution in [0.4, 0.5) is 5.69 Å². The number of amides is 1. The van der Waals surface area contributed by atoms with Crippen LogP contribution in [-0.4, -0.2) is 116 Å². The first-order valence-corrected chi connectivity index (χ1v) is 20.6. The standard InChI is InChI=1S/C45H54N4O10/c1-7-28(52)20-27-23-44(40(53)57-5,36-30(14-17-46-24-27)29-12-9-10-13-33(29)47-36)32-21-31-34(22-35(32)56-4)49(25-50)38-43(31)16-19-48-18-11-15-42(8-2,37(43)48)39(59-26(3)51)45(38,55)41(54)58-6/h9-13,15,21-22,25,27,37-39,46-47,55H,7-8,14,16-20,23-24H2,1-6H3/t27-,37-,38-,39-,42-,43-,44+,45+/m1/s1. The average Bonchev–Trinajstić information content (AvgIpc) is 3.92. The molecule has 1 spiro atoms. The molecule has 5 heterocycles. The summed E-state index contributed by atoms with van der Waals surface area (Å²) in [6.07, 6.45) is 5.17. The molecule has 5 aliphatic rings. The molecule has 0 bridgehead atoms. The Balaban J connectivity index is 1.49. The molecule has 3 N–H and O–H groups in total. The van der Waals surface area contributed by atoms with Crippen LogP contribution >= 0.6 is 0 Å². The summed E-state index contributed by atoms with van der Waals surface area (Å²) in [6.45, 7) is 7.16. The second-order valence-corrected chi connectivity index (χ2v) is 16.9. The number of Topliss-reactive ketones (excluding diaryl/α,β-unsaturated/α-hetero) is 1. The lowest BCUT2D eigenvalue weighted by Gasteiger charge is -2.63. The van der Waals surface area contributed by atoms with E-state index in [2.05, 4.69) is 15.2 Å². The molecule has 59 heavy (non-hydrogen) atoms. The highest BCUT2D eigenvalue weighted by Gasteiger charge is 2.81. The number of H-pyrrole nitrogens is 1. The largest absolute Gasteiger partial charge is 0.496 e. The topological polar surface area (TPSA) is 177 Å². The lowest BCUT2D eigenvalue weighted by Crippen LogP contribution is -2.81. The van der Waals surface area contributed by atoms with Gasteiger partial charge in [0.2, 0.25) is 12.0 Å². The number of carbonyl (C=O) groups is 5. The van der Waals surface area contributed by atoms with Crippen LogP contribution in [-0.2, 0) is 55.4 Å². The zero-order chi connectivity index (χ0) is 42.1. The predicted molar refractivity (Wildman–Crippen MR) is 217 cm³/mol. The molecular weight excluding hydrogens is 757 g/mol. The molecule has 4 aliphatic heterocycles. The van der Waals surface area contributed by atoms with E-state index in [4.69, 9.17) is 18.9 Å². The Bertz CT molecular complexity index is 2250. The molecule has 14 nitrogen and oxygen atoms in total. The summed E-state index contributed by atoms with van der Waals surface area (Å²) in [5, 5.41) is 17.8. The SMILES string of the molecule is CCC(=O)C[C@H]1CNCCc2c([nH]c3ccccc23)[C@@](C(=O)OC)(c2cc3c(cc2OC)N(C=O)[C@H]2[C@@](O)(C(=O)OC)[C@H](OC(C)=O)[C@]4(CC)C=CCN5CC[C@]32[C@H]54)C1. The maximum absolute atomic E-state index is 15.2. The number of hydrogen-bond donors (Lipinski definition) is 3. The highest BCUT2D eigenvalue weighted by atomic mass is 16.6. The van der Waals surface area contributed by atoms with Crippen molar-refractivity contribution >= 4 is 46.7 Å². The molecule has 2 fully saturated rings. The predicted octanol–water partition coefficient (Wildman–Crippen LogP) is 3.63. The van der Waals surface area contributed by atoms with Gasteiger partial charge in [0.05, 0.1) is 33.1 Å². The van der Waals surface area contributed by atoms with E-state index in [1.54, 1.807) is 6.07 Å². The molecule has 2 aromatic carbocycles. The Morgan fingerprint density at radius 1 is 1.02 bits per heavy atom. The first-order chi connectivity index (χ1) is 28.4. The van der Waals surface area contributed by atoms with E-state index < -0.39 is 57.9 Å². The van der Waals surface area contributed by atoms with Crippen molar-refractivity contribution in [3.63, 3.8) is 0 Å². The molecule has 1 saturated heterocycles. The van der Waals surface area contributed by atoms with Crippen molar-refractivity contribution in [1.29, 1.82) is 0 Å². The molecule has 1 aromatic heterocycles. The van der Waals surface area contributed by atoms with Crippen molar-refractivity contribution in [2.75, 3.05) is 52.4 Å². The maximum Gasteiger partial charge on any atom is 0.344 e. The summed E-state index contributed by atoms with van der Waals surface area (Å²) in [7, 11) is 4.02. The number of anilines is 1. The number of aromatic nitrogens is 1. The smallest absolute Gasteiger partial charge is 0.344 e. The van der Waals surface area contributed by atoms with E-state index in [0.717, 1.165) is 16.5 Å². The first kappa shape index (κ1) is 40.7. The number of aliphatic hydroxyl groups is 1. The normalized spacial score (nSPS) is 32.1. The second-order valence-electron chi connectivity index (χ2n) is 16.9. The highest BCUT2D eigenvalue weighted by molar-refractivity contribution is 5.96. The van der Waals surface area contributed by atoms with Crippen molar-refractivity contribution < 1.29 is 48.0 Å². The van der Waals surface area contributed by atoms with Gasteiger partial charge in [-0.2, -0.15) is 0 Å². The maximum atomic E-state index is 15.2. The minimum atomic E-state index is -2.54. The third kappa shape index (κ3) is 5.51. The number of nitrogens with zero attached hydrogens (tertiary/aromatic N) is 2. The molecule has 3 aromatic rings. The summed E-state index contributed by atoms with van der Waals surface area (Å²) in [5.41, 5.74) is -2.53. The van der Waals surface area contributed by atoms with Gasteiger partial charge < -0.3 is 39.3 Å². The van der Waals surface area contributed by atoms with Gasteiger partial charge in [-0.15, -0.1) is 0 Å². The number of nitrogens with one attached hydrogen (secondary N) is 2. The summed E-state index contributed by atoms with van der Waals surface area (Å²) in [4.78, 5) is 76.7. The van der Waals surface area contributed by atoms with Crippen LogP contribution in [0.1, 0.15) is 75.3 Å². The monoisotopic (exact) mass is 810 g/mol. The number of carbonyl (C=O) groups excluding carboxylic acids is 5. The molecule has 0 radical (unpaired) electrons. The first-order valence-electron chi connectivity index (χ1n) is 20.6.